The largest absolute Gasteiger partial charge is 0.423 e. The van der Waals surface area contributed by atoms with Crippen LogP contribution in [0.3, 0.4) is 0 Å². The first-order valence-electron chi connectivity index (χ1n) is 8.64. The van der Waals surface area contributed by atoms with E-state index in [0.717, 1.165) is 22.9 Å². The third kappa shape index (κ3) is 2.80. The summed E-state index contributed by atoms with van der Waals surface area (Å²) >= 11 is 3.49. The minimum Gasteiger partial charge on any atom is -0.423 e. The molecule has 1 fully saturated rings. The number of hydrogen-bond acceptors (Lipinski definition) is 5. The SMILES string of the molecule is O=C(CN1CC2(CC2)c2cc(Br)ccc2C1=O)Nc1nc2cnccc2o1. The Bertz CT molecular complexity index is 1060. The van der Waals surface area contributed by atoms with Gasteiger partial charge in [-0.2, -0.15) is 4.98 Å². The van der Waals surface area contributed by atoms with E-state index >= 15 is 0 Å². The molecule has 1 N–H and O–H groups in total. The second-order valence-corrected chi connectivity index (χ2v) is 7.96. The number of rotatable bonds is 3. The fourth-order valence-electron chi connectivity index (χ4n) is 3.71. The zero-order valence-electron chi connectivity index (χ0n) is 14.2. The summed E-state index contributed by atoms with van der Waals surface area (Å²) in [6.07, 6.45) is 5.21. The quantitative estimate of drug-likeness (QED) is 0.694. The maximum atomic E-state index is 12.9. The lowest BCUT2D eigenvalue weighted by Crippen LogP contribution is -2.46. The van der Waals surface area contributed by atoms with Crippen LogP contribution in [0.1, 0.15) is 28.8 Å². The Morgan fingerprint density at radius 1 is 1.33 bits per heavy atom. The fraction of sp³-hybridized carbons (Fsp3) is 0.263. The van der Waals surface area contributed by atoms with Gasteiger partial charge in [-0.3, -0.25) is 19.9 Å². The van der Waals surface area contributed by atoms with Crippen LogP contribution >= 0.6 is 15.9 Å². The van der Waals surface area contributed by atoms with E-state index < -0.39 is 0 Å². The summed E-state index contributed by atoms with van der Waals surface area (Å²) in [7, 11) is 0. The fourth-order valence-corrected chi connectivity index (χ4v) is 4.07. The molecular formula is C19H15BrN4O3. The smallest absolute Gasteiger partial charge is 0.302 e. The van der Waals surface area contributed by atoms with Gasteiger partial charge in [-0.25, -0.2) is 0 Å². The van der Waals surface area contributed by atoms with Crippen LogP contribution in [0, 0.1) is 0 Å². The number of hydrogen-bond donors (Lipinski definition) is 1. The molecule has 1 aliphatic carbocycles. The first-order chi connectivity index (χ1) is 13.0. The van der Waals surface area contributed by atoms with Crippen molar-refractivity contribution in [2.45, 2.75) is 18.3 Å². The van der Waals surface area contributed by atoms with Crippen molar-refractivity contribution in [1.29, 1.82) is 0 Å². The van der Waals surface area contributed by atoms with Crippen LogP contribution in [-0.2, 0) is 10.2 Å². The highest BCUT2D eigenvalue weighted by Crippen LogP contribution is 2.52. The van der Waals surface area contributed by atoms with Gasteiger partial charge in [-0.15, -0.1) is 0 Å². The molecule has 7 nitrogen and oxygen atoms in total. The summed E-state index contributed by atoms with van der Waals surface area (Å²) in [6, 6.07) is 7.52. The van der Waals surface area contributed by atoms with E-state index in [9.17, 15) is 9.59 Å². The monoisotopic (exact) mass is 426 g/mol. The van der Waals surface area contributed by atoms with E-state index in [1.54, 1.807) is 23.4 Å². The molecule has 5 rings (SSSR count). The number of amides is 2. The zero-order valence-corrected chi connectivity index (χ0v) is 15.8. The molecule has 0 atom stereocenters. The molecule has 1 aliphatic heterocycles. The van der Waals surface area contributed by atoms with Gasteiger partial charge < -0.3 is 9.32 Å². The average Bonchev–Trinajstić information content (AvgIpc) is 3.30. The first kappa shape index (κ1) is 16.4. The molecule has 2 aliphatic rings. The number of nitrogens with one attached hydrogen (secondary N) is 1. The minimum atomic E-state index is -0.334. The van der Waals surface area contributed by atoms with Gasteiger partial charge in [0.2, 0.25) is 5.91 Å². The first-order valence-corrected chi connectivity index (χ1v) is 9.43. The summed E-state index contributed by atoms with van der Waals surface area (Å²) in [6.45, 7) is 0.521. The standard InChI is InChI=1S/C19H15BrN4O3/c20-11-1-2-12-13(7-11)19(4-5-19)10-24(17(12)26)9-16(25)23-18-22-14-8-21-6-3-15(14)27-18/h1-3,6-8H,4-5,9-10H2,(H,22,23,25). The molecular weight excluding hydrogens is 412 g/mol. The van der Waals surface area contributed by atoms with E-state index in [4.69, 9.17) is 4.42 Å². The summed E-state index contributed by atoms with van der Waals surface area (Å²) in [5.41, 5.74) is 2.87. The maximum absolute atomic E-state index is 12.9. The van der Waals surface area contributed by atoms with Gasteiger partial charge in [0.1, 0.15) is 12.1 Å². The van der Waals surface area contributed by atoms with Crippen molar-refractivity contribution in [2.24, 2.45) is 0 Å². The van der Waals surface area contributed by atoms with E-state index in [1.165, 1.54) is 0 Å². The molecule has 2 aromatic heterocycles. The number of nitrogens with zero attached hydrogens (tertiary/aromatic N) is 3. The molecule has 1 aromatic carbocycles. The number of benzene rings is 1. The molecule has 0 unspecified atom stereocenters. The van der Waals surface area contributed by atoms with Crippen molar-refractivity contribution in [3.05, 3.63) is 52.3 Å². The molecule has 0 radical (unpaired) electrons. The Labute approximate surface area is 162 Å². The Kier molecular flexibility index (Phi) is 3.58. The maximum Gasteiger partial charge on any atom is 0.302 e. The van der Waals surface area contributed by atoms with Crippen LogP contribution in [0.5, 0.6) is 0 Å². The molecule has 1 saturated carbocycles. The third-order valence-electron chi connectivity index (χ3n) is 5.19. The lowest BCUT2D eigenvalue weighted by Gasteiger charge is -2.34. The predicted molar refractivity (Wildman–Crippen MR) is 101 cm³/mol. The molecule has 3 heterocycles. The van der Waals surface area contributed by atoms with Crippen molar-refractivity contribution < 1.29 is 14.0 Å². The van der Waals surface area contributed by atoms with E-state index in [0.29, 0.717) is 23.2 Å². The van der Waals surface area contributed by atoms with Gasteiger partial charge in [0.05, 0.1) is 6.20 Å². The van der Waals surface area contributed by atoms with Gasteiger partial charge >= 0.3 is 6.01 Å². The van der Waals surface area contributed by atoms with Crippen molar-refractivity contribution in [3.8, 4) is 0 Å². The summed E-state index contributed by atoms with van der Waals surface area (Å²) in [5.74, 6) is -0.453. The van der Waals surface area contributed by atoms with Crippen molar-refractivity contribution in [2.75, 3.05) is 18.4 Å². The zero-order chi connectivity index (χ0) is 18.6. The van der Waals surface area contributed by atoms with Crippen molar-refractivity contribution in [3.63, 3.8) is 0 Å². The Morgan fingerprint density at radius 3 is 2.96 bits per heavy atom. The summed E-state index contributed by atoms with van der Waals surface area (Å²) in [5, 5.41) is 2.63. The second kappa shape index (κ2) is 5.88. The van der Waals surface area contributed by atoms with Gasteiger partial charge in [0, 0.05) is 34.3 Å². The van der Waals surface area contributed by atoms with Crippen molar-refractivity contribution >= 4 is 44.9 Å². The topological polar surface area (TPSA) is 88.3 Å². The average molecular weight is 427 g/mol. The number of carbonyl (C=O) groups is 2. The molecule has 1 spiro atoms. The molecule has 8 heteroatoms. The Morgan fingerprint density at radius 2 is 2.19 bits per heavy atom. The minimum absolute atomic E-state index is 0.0173. The predicted octanol–water partition coefficient (Wildman–Crippen LogP) is 3.11. The van der Waals surface area contributed by atoms with Crippen LogP contribution in [0.2, 0.25) is 0 Å². The van der Waals surface area contributed by atoms with Crippen LogP contribution in [0.4, 0.5) is 6.01 Å². The number of anilines is 1. The summed E-state index contributed by atoms with van der Waals surface area (Å²) in [4.78, 5) is 35.1. The van der Waals surface area contributed by atoms with Crippen LogP contribution in [0.25, 0.3) is 11.1 Å². The number of oxazole rings is 1. The van der Waals surface area contributed by atoms with Crippen LogP contribution in [-0.4, -0.2) is 39.8 Å². The van der Waals surface area contributed by atoms with E-state index in [-0.39, 0.29) is 29.8 Å². The second-order valence-electron chi connectivity index (χ2n) is 7.04. The summed E-state index contributed by atoms with van der Waals surface area (Å²) < 4.78 is 6.46. The van der Waals surface area contributed by atoms with Gasteiger partial charge in [-0.1, -0.05) is 15.9 Å². The molecule has 2 amide bonds. The highest BCUT2D eigenvalue weighted by molar-refractivity contribution is 9.10. The number of halogens is 1. The van der Waals surface area contributed by atoms with Crippen molar-refractivity contribution in [1.82, 2.24) is 14.9 Å². The number of pyridine rings is 1. The number of carbonyl (C=O) groups excluding carboxylic acids is 2. The third-order valence-corrected chi connectivity index (χ3v) is 5.68. The molecule has 27 heavy (non-hydrogen) atoms. The van der Waals surface area contributed by atoms with Gasteiger partial charge in [0.15, 0.2) is 5.58 Å². The molecule has 0 saturated heterocycles. The Hall–Kier alpha value is -2.74. The lowest BCUT2D eigenvalue weighted by atomic mass is 9.86. The lowest BCUT2D eigenvalue weighted by molar-refractivity contribution is -0.117. The molecule has 0 bridgehead atoms. The number of aromatic nitrogens is 2. The highest BCUT2D eigenvalue weighted by Gasteiger charge is 2.51. The molecule has 136 valence electrons. The van der Waals surface area contributed by atoms with E-state index in [2.05, 4.69) is 31.2 Å². The highest BCUT2D eigenvalue weighted by atomic mass is 79.9. The Balaban J connectivity index is 1.35. The van der Waals surface area contributed by atoms with Gasteiger partial charge in [0.25, 0.3) is 5.91 Å². The number of fused-ring (bicyclic) bond motifs is 3. The van der Waals surface area contributed by atoms with Gasteiger partial charge in [-0.05, 0) is 36.6 Å². The van der Waals surface area contributed by atoms with Crippen LogP contribution in [0.15, 0.2) is 45.5 Å². The van der Waals surface area contributed by atoms with E-state index in [1.807, 2.05) is 18.2 Å². The normalized spacial score (nSPS) is 17.2. The molecule has 3 aromatic rings. The van der Waals surface area contributed by atoms with Crippen LogP contribution < -0.4 is 5.32 Å².